The summed E-state index contributed by atoms with van der Waals surface area (Å²) >= 11 is 0. The third-order valence-electron chi connectivity index (χ3n) is 12.5. The first kappa shape index (κ1) is 64.8. The molecule has 0 heterocycles. The zero-order chi connectivity index (χ0) is 49.3. The molecule has 392 valence electrons. The molecule has 0 rings (SSSR count). The molecule has 1 unspecified atom stereocenters. The van der Waals surface area contributed by atoms with E-state index in [0.717, 1.165) is 77.0 Å². The highest BCUT2D eigenvalue weighted by atomic mass is 16.6. The van der Waals surface area contributed by atoms with Gasteiger partial charge < -0.3 is 14.2 Å². The summed E-state index contributed by atoms with van der Waals surface area (Å²) in [5, 5.41) is 0. The van der Waals surface area contributed by atoms with Crippen molar-refractivity contribution in [2.24, 2.45) is 0 Å². The lowest BCUT2D eigenvalue weighted by Gasteiger charge is -2.18. The Morgan fingerprint density at radius 3 is 1.06 bits per heavy atom. The van der Waals surface area contributed by atoms with Gasteiger partial charge in [0.15, 0.2) is 6.10 Å². The highest BCUT2D eigenvalue weighted by molar-refractivity contribution is 5.71. The zero-order valence-electron chi connectivity index (χ0n) is 44.9. The van der Waals surface area contributed by atoms with Crippen LogP contribution < -0.4 is 0 Å². The Morgan fingerprint density at radius 2 is 0.618 bits per heavy atom. The smallest absolute Gasteiger partial charge is 0.306 e. The third kappa shape index (κ3) is 53.8. The lowest BCUT2D eigenvalue weighted by Crippen LogP contribution is -2.30. The van der Waals surface area contributed by atoms with Crippen molar-refractivity contribution in [3.05, 3.63) is 72.9 Å². The van der Waals surface area contributed by atoms with E-state index in [4.69, 9.17) is 14.2 Å². The van der Waals surface area contributed by atoms with Crippen LogP contribution in [-0.4, -0.2) is 37.2 Å². The average Bonchev–Trinajstić information content (AvgIpc) is 3.34. The van der Waals surface area contributed by atoms with Crippen molar-refractivity contribution in [3.63, 3.8) is 0 Å². The number of carbonyl (C=O) groups excluding carboxylic acids is 3. The molecule has 0 aromatic rings. The first-order valence-electron chi connectivity index (χ1n) is 29.0. The van der Waals surface area contributed by atoms with Crippen molar-refractivity contribution in [3.8, 4) is 0 Å². The second kappa shape index (κ2) is 56.4. The first-order chi connectivity index (χ1) is 33.5. The van der Waals surface area contributed by atoms with Gasteiger partial charge in [-0.2, -0.15) is 0 Å². The molecule has 6 heteroatoms. The molecular formula is C62H108O6. The van der Waals surface area contributed by atoms with Gasteiger partial charge in [0.2, 0.25) is 0 Å². The molecule has 0 aliphatic heterocycles. The fourth-order valence-corrected chi connectivity index (χ4v) is 8.16. The standard InChI is InChI=1S/C62H108O6/c1-4-7-10-13-16-19-22-25-27-29-31-33-34-37-40-43-46-49-52-55-61(64)67-58-59(57-66-60(63)54-51-48-45-42-39-36-24-21-18-15-12-9-6-3)68-62(65)56-53-50-47-44-41-38-35-32-30-28-26-23-20-17-14-11-8-5-2/h17,20,23,26,28,30,32,35-36,39,45,48,59H,4-16,18-19,21-22,24-25,27,29,31,33-34,37-38,40-44,46-47,49-58H2,1-3H3/b20-17+,26-23+,30-28+,35-32+,39-36+,48-45+. The van der Waals surface area contributed by atoms with Gasteiger partial charge in [-0.15, -0.1) is 0 Å². The van der Waals surface area contributed by atoms with Gasteiger partial charge in [0.25, 0.3) is 0 Å². The van der Waals surface area contributed by atoms with E-state index in [1.54, 1.807) is 0 Å². The van der Waals surface area contributed by atoms with E-state index >= 15 is 0 Å². The molecule has 0 amide bonds. The molecular weight excluding hydrogens is 841 g/mol. The highest BCUT2D eigenvalue weighted by Crippen LogP contribution is 2.16. The molecule has 0 spiro atoms. The van der Waals surface area contributed by atoms with Gasteiger partial charge in [0.05, 0.1) is 0 Å². The van der Waals surface area contributed by atoms with Crippen LogP contribution in [-0.2, 0) is 28.6 Å². The normalized spacial score (nSPS) is 12.6. The first-order valence-corrected chi connectivity index (χ1v) is 29.0. The minimum Gasteiger partial charge on any atom is -0.462 e. The fourth-order valence-electron chi connectivity index (χ4n) is 8.16. The Labute approximate surface area is 421 Å². The Morgan fingerprint density at radius 1 is 0.309 bits per heavy atom. The van der Waals surface area contributed by atoms with Crippen LogP contribution in [0.5, 0.6) is 0 Å². The van der Waals surface area contributed by atoms with E-state index in [9.17, 15) is 14.4 Å². The summed E-state index contributed by atoms with van der Waals surface area (Å²) in [6.45, 7) is 6.55. The van der Waals surface area contributed by atoms with Crippen LogP contribution in [0, 0.1) is 0 Å². The molecule has 0 aliphatic rings. The van der Waals surface area contributed by atoms with E-state index < -0.39 is 6.10 Å². The Bertz CT molecular complexity index is 1270. The second-order valence-corrected chi connectivity index (χ2v) is 19.3. The average molecular weight is 950 g/mol. The minimum absolute atomic E-state index is 0.100. The summed E-state index contributed by atoms with van der Waals surface area (Å²) in [5.41, 5.74) is 0. The number of carbonyl (C=O) groups is 3. The zero-order valence-corrected chi connectivity index (χ0v) is 44.9. The molecule has 0 aromatic heterocycles. The highest BCUT2D eigenvalue weighted by Gasteiger charge is 2.19. The quantitative estimate of drug-likeness (QED) is 0.0199. The van der Waals surface area contributed by atoms with Crippen molar-refractivity contribution in [1.29, 1.82) is 0 Å². The minimum atomic E-state index is -0.809. The summed E-state index contributed by atoms with van der Waals surface area (Å²) in [7, 11) is 0. The van der Waals surface area contributed by atoms with E-state index in [0.29, 0.717) is 19.3 Å². The third-order valence-corrected chi connectivity index (χ3v) is 12.5. The van der Waals surface area contributed by atoms with Crippen LogP contribution >= 0.6 is 0 Å². The fraction of sp³-hybridized carbons (Fsp3) is 0.758. The molecule has 0 N–H and O–H groups in total. The maximum atomic E-state index is 12.8. The number of rotatable bonds is 52. The topological polar surface area (TPSA) is 78.9 Å². The van der Waals surface area contributed by atoms with Crippen molar-refractivity contribution in [2.45, 2.75) is 290 Å². The summed E-state index contributed by atoms with van der Waals surface area (Å²) in [6, 6.07) is 0. The number of unbranched alkanes of at least 4 members (excludes halogenated alkanes) is 32. The summed E-state index contributed by atoms with van der Waals surface area (Å²) in [5.74, 6) is -0.985. The van der Waals surface area contributed by atoms with E-state index in [2.05, 4.69) is 87.6 Å². The monoisotopic (exact) mass is 949 g/mol. The SMILES string of the molecule is CCCCC/C=C/C=C/C=C/C=C/CCCCCCCC(=O)OC(COC(=O)CC/C=C/C/C=C/CCCCCCCC)COC(=O)CCCCCCCCCCCCCCCCCCCCC. The molecule has 0 fully saturated rings. The van der Waals surface area contributed by atoms with Crippen molar-refractivity contribution >= 4 is 17.9 Å². The van der Waals surface area contributed by atoms with Crippen LogP contribution in [0.3, 0.4) is 0 Å². The molecule has 0 aromatic carbocycles. The molecule has 0 saturated heterocycles. The van der Waals surface area contributed by atoms with Crippen molar-refractivity contribution in [2.75, 3.05) is 13.2 Å². The molecule has 1 atom stereocenters. The van der Waals surface area contributed by atoms with Gasteiger partial charge in [-0.05, 0) is 64.2 Å². The van der Waals surface area contributed by atoms with Crippen molar-refractivity contribution < 1.29 is 28.6 Å². The van der Waals surface area contributed by atoms with Crippen LogP contribution in [0.4, 0.5) is 0 Å². The summed E-state index contributed by atoms with van der Waals surface area (Å²) < 4.78 is 16.8. The Kier molecular flexibility index (Phi) is 53.8. The predicted octanol–water partition coefficient (Wildman–Crippen LogP) is 19.4. The van der Waals surface area contributed by atoms with Crippen LogP contribution in [0.15, 0.2) is 72.9 Å². The molecule has 0 saturated carbocycles. The van der Waals surface area contributed by atoms with E-state index in [1.807, 2.05) is 6.08 Å². The van der Waals surface area contributed by atoms with Crippen LogP contribution in [0.1, 0.15) is 284 Å². The van der Waals surface area contributed by atoms with Gasteiger partial charge in [-0.3, -0.25) is 14.4 Å². The molecule has 6 nitrogen and oxygen atoms in total. The molecule has 68 heavy (non-hydrogen) atoms. The second-order valence-electron chi connectivity index (χ2n) is 19.3. The molecule has 0 radical (unpaired) electrons. The molecule has 0 aliphatic carbocycles. The summed E-state index contributed by atoms with van der Waals surface area (Å²) in [4.78, 5) is 38.1. The number of esters is 3. The Hall–Kier alpha value is -3.15. The van der Waals surface area contributed by atoms with E-state index in [1.165, 1.54) is 161 Å². The van der Waals surface area contributed by atoms with Gasteiger partial charge in [0.1, 0.15) is 13.2 Å². The number of allylic oxidation sites excluding steroid dienone is 12. The summed E-state index contributed by atoms with van der Waals surface area (Å²) in [6.07, 6.45) is 71.9. The van der Waals surface area contributed by atoms with Gasteiger partial charge >= 0.3 is 17.9 Å². The van der Waals surface area contributed by atoms with Gasteiger partial charge in [-0.1, -0.05) is 273 Å². The van der Waals surface area contributed by atoms with Crippen LogP contribution in [0.25, 0.3) is 0 Å². The lowest BCUT2D eigenvalue weighted by atomic mass is 10.0. The predicted molar refractivity (Wildman–Crippen MR) is 293 cm³/mol. The van der Waals surface area contributed by atoms with E-state index in [-0.39, 0.29) is 37.5 Å². The maximum Gasteiger partial charge on any atom is 0.306 e. The largest absolute Gasteiger partial charge is 0.462 e. The van der Waals surface area contributed by atoms with Gasteiger partial charge in [-0.25, -0.2) is 0 Å². The Balaban J connectivity index is 4.43. The van der Waals surface area contributed by atoms with Gasteiger partial charge in [0, 0.05) is 19.3 Å². The van der Waals surface area contributed by atoms with Crippen molar-refractivity contribution in [1.82, 2.24) is 0 Å². The number of ether oxygens (including phenoxy) is 3. The number of hydrogen-bond donors (Lipinski definition) is 0. The van der Waals surface area contributed by atoms with Crippen LogP contribution in [0.2, 0.25) is 0 Å². The maximum absolute atomic E-state index is 12.8. The molecule has 0 bridgehead atoms. The lowest BCUT2D eigenvalue weighted by molar-refractivity contribution is -0.166. The number of hydrogen-bond acceptors (Lipinski definition) is 6.